The molecule has 15 nitrogen and oxygen atoms in total. The third-order valence-electron chi connectivity index (χ3n) is 32.0. The molecule has 150 heavy (non-hydrogen) atoms. The van der Waals surface area contributed by atoms with Gasteiger partial charge in [-0.1, -0.05) is 228 Å². The van der Waals surface area contributed by atoms with Crippen LogP contribution in [0.2, 0.25) is 0 Å². The molecular formula is C135H146N15+5. The van der Waals surface area contributed by atoms with Crippen molar-refractivity contribution in [2.75, 3.05) is 0 Å². The van der Waals surface area contributed by atoms with Crippen LogP contribution in [-0.4, -0.2) is 47.8 Å². The standard InChI is InChI=1S/C29H32N3.C28H30N3.C27H30N3.C26H28N3.C25H26N3/c1-19-18-31(3)26(16-22(19)15-21-9-5-4-6-10-21)28-20(2)23-11-7-8-12-24(23)29-25(28)17-27-30-13-14-32(27)29;1-18-17-30(3)25(15-21(18)14-20-8-4-5-9-20)27-19(2)22-10-6-7-11-23(22)28-24(27)16-26-29-12-13-31(26)28;1-17-16-29(6)23(13-19(17)15-27(3,4)5)25-18(2)20-9-7-8-10-21(20)26-22(25)14-24-28-11-12-30(24)26;1-16(2)12-19-13-23(28(5)15-17(19)3)25-18(4)20-8-6-7-9-21(20)26-22(25)14-24-27-10-11-29(24)26;1-15(2)20-12-22(27(5)14-16(20)3)24-17(4)18-8-6-7-9-19(18)25-21(24)13-23-26-10-11-28(23)25/h7-8,11-14,16,18,21H,4-6,9-10,15,17H2,1-3H3;6-7,10-13,15,17,20H,4-5,8-9,14,16H2,1-3H3;7-13,16H,14-15H2,1-6H3;6-11,13,15-16H,12,14H2,1-5H3;6-12,14-15H,13H2,1-5H3/q5*+1/i1D3,15D2;1D3,14D2;1D3,15D2;3D3,12D2;3D3,15D. The number of aromatic nitrogens is 15. The maximum absolute atomic E-state index is 9.22. The Morgan fingerprint density at radius 2 is 0.567 bits per heavy atom. The average molecular weight is 2000 g/mol. The van der Waals surface area contributed by atoms with E-state index in [1.807, 2.05) is 181 Å². The van der Waals surface area contributed by atoms with Crippen molar-refractivity contribution in [1.29, 1.82) is 0 Å². The van der Waals surface area contributed by atoms with Crippen LogP contribution in [0.15, 0.2) is 245 Å². The summed E-state index contributed by atoms with van der Waals surface area (Å²) in [5, 5.41) is 11.5. The number of fused-ring (bicyclic) bond motifs is 25. The highest BCUT2D eigenvalue weighted by Crippen LogP contribution is 2.51. The predicted octanol–water partition coefficient (Wildman–Crippen LogP) is 28.0. The van der Waals surface area contributed by atoms with Gasteiger partial charge in [-0.2, -0.15) is 0 Å². The van der Waals surface area contributed by atoms with Crippen molar-refractivity contribution >= 4 is 53.9 Å². The zero-order valence-electron chi connectivity index (χ0n) is 113. The van der Waals surface area contributed by atoms with E-state index in [1.165, 1.54) is 10.9 Å². The van der Waals surface area contributed by atoms with Crippen molar-refractivity contribution in [3.05, 3.63) is 385 Å². The van der Waals surface area contributed by atoms with E-state index in [-0.39, 0.29) is 56.7 Å². The monoisotopic (exact) mass is 2000 g/mol. The molecule has 15 heterocycles. The Morgan fingerprint density at radius 1 is 0.327 bits per heavy atom. The van der Waals surface area contributed by atoms with Gasteiger partial charge in [0.1, 0.15) is 64.4 Å². The molecule has 2 fully saturated rings. The molecule has 0 bridgehead atoms. The average Bonchev–Trinajstić information content (AvgIpc) is 1.57. The second kappa shape index (κ2) is 39.3. The molecule has 0 unspecified atom stereocenters. The first-order chi connectivity index (χ1) is 81.8. The number of nitrogens with zero attached hydrogens (tertiary/aromatic N) is 15. The molecule has 2 saturated carbocycles. The summed E-state index contributed by atoms with van der Waals surface area (Å²) in [5.74, 6) is 3.09. The van der Waals surface area contributed by atoms with Crippen molar-refractivity contribution in [2.24, 2.45) is 58.4 Å². The summed E-state index contributed by atoms with van der Waals surface area (Å²) in [4.78, 5) is 22.8. The van der Waals surface area contributed by atoms with Crippen molar-refractivity contribution in [2.45, 2.75) is 239 Å². The number of benzene rings is 10. The number of rotatable bonds is 13. The van der Waals surface area contributed by atoms with Crippen LogP contribution in [-0.2, 0) is 92.8 Å². The van der Waals surface area contributed by atoms with Gasteiger partial charge in [0.25, 0.3) is 0 Å². The third-order valence-corrected chi connectivity index (χ3v) is 32.0. The van der Waals surface area contributed by atoms with Gasteiger partial charge in [-0.25, -0.2) is 47.8 Å². The zero-order valence-corrected chi connectivity index (χ0v) is 88.9. The van der Waals surface area contributed by atoms with E-state index in [2.05, 4.69) is 161 Å². The smallest absolute Gasteiger partial charge is 0.213 e. The summed E-state index contributed by atoms with van der Waals surface area (Å²) in [6.45, 7) is 11.1. The minimum atomic E-state index is -2.44. The Balaban J connectivity index is 0.000000115. The molecule has 7 aliphatic rings. The quantitative estimate of drug-likeness (QED) is 0.107. The van der Waals surface area contributed by atoms with E-state index in [0.29, 0.717) is 48.8 Å². The molecule has 0 spiro atoms. The third kappa shape index (κ3) is 17.4. The lowest BCUT2D eigenvalue weighted by atomic mass is 9.83. The highest BCUT2D eigenvalue weighted by Gasteiger charge is 2.39. The molecule has 20 aromatic rings. The molecule has 756 valence electrons. The maximum atomic E-state index is 9.22. The van der Waals surface area contributed by atoms with Crippen molar-refractivity contribution in [3.8, 4) is 84.7 Å². The van der Waals surface area contributed by atoms with Gasteiger partial charge in [-0.05, 0) is 234 Å². The second-order valence-electron chi connectivity index (χ2n) is 43.6. The van der Waals surface area contributed by atoms with Gasteiger partial charge in [-0.3, -0.25) is 0 Å². The van der Waals surface area contributed by atoms with Gasteiger partial charge in [0.2, 0.25) is 28.5 Å². The molecule has 2 aliphatic carbocycles. The summed E-state index contributed by atoms with van der Waals surface area (Å²) < 4.78 is 223. The van der Waals surface area contributed by atoms with Crippen LogP contribution >= 0.6 is 0 Å². The van der Waals surface area contributed by atoms with Crippen molar-refractivity contribution in [3.63, 3.8) is 0 Å². The Morgan fingerprint density at radius 3 is 0.833 bits per heavy atom. The first kappa shape index (κ1) is 74.2. The van der Waals surface area contributed by atoms with Gasteiger partial charge in [0.15, 0.2) is 31.0 Å². The SMILES string of the molecule is [2H]C([2H])([2H])c1c[n+](C)c(-c2c3c(c4ccccc4c2C)-n2ccnc2C3)cc1C([2H])(C)C.[2H]C([2H])([2H])c1c[n+](C)c(-c2c3c(c4ccccc4c2C)-n2ccnc2C3)cc1C([2H])([2H])C(C)(C)C.[2H]C([2H])([2H])c1c[n+](C)c(-c2c3c(c4ccccc4c2C)-n2ccnc2C3)cc1C([2H])([2H])C(C)C.[2H]C([2H])([2H])c1c[n+](C)c(-c2c3c(c4ccccc4c2C)-n2ccnc2C3)cc1C([2H])([2H])C1CCCC1.[2H]C([2H])([2H])c1c[n+](C)c(-c2c3c(c4ccccc4c2C)-n2ccnc2C3)cc1C([2H])([2H])C1CCCCC1. The largest absolute Gasteiger partial charge is 0.303 e. The first-order valence-corrected chi connectivity index (χ1v) is 52.9. The van der Waals surface area contributed by atoms with Crippen molar-refractivity contribution in [1.82, 2.24) is 47.8 Å². The highest BCUT2D eigenvalue weighted by molar-refractivity contribution is 6.05. The van der Waals surface area contributed by atoms with Crippen LogP contribution in [0.5, 0.6) is 0 Å². The second-order valence-corrected chi connectivity index (χ2v) is 43.6. The highest BCUT2D eigenvalue weighted by atomic mass is 15.1. The van der Waals surface area contributed by atoms with E-state index >= 15 is 0 Å². The van der Waals surface area contributed by atoms with E-state index in [4.69, 9.17) is 30.2 Å². The van der Waals surface area contributed by atoms with Crippen LogP contribution in [0.4, 0.5) is 0 Å². The minimum Gasteiger partial charge on any atom is -0.303 e. The first-order valence-electron chi connectivity index (χ1n) is 64.9. The maximum Gasteiger partial charge on any atom is 0.213 e. The van der Waals surface area contributed by atoms with E-state index in [0.717, 1.165) is 270 Å². The molecule has 0 atom stereocenters. The lowest BCUT2D eigenvalue weighted by molar-refractivity contribution is -0.661. The fraction of sp³-hybridized carbons (Fsp3) is 0.333. The minimum absolute atomic E-state index is 0.0479. The Kier molecular flexibility index (Phi) is 19.5. The molecule has 10 aromatic heterocycles. The topological polar surface area (TPSA) is 108 Å². The summed E-state index contributed by atoms with van der Waals surface area (Å²) in [7, 11) is 9.32. The Labute approximate surface area is 919 Å². The zero-order chi connectivity index (χ0) is 125. The Hall–Kier alpha value is -14.7. The van der Waals surface area contributed by atoms with E-state index in [1.54, 1.807) is 91.6 Å². The molecule has 10 aromatic carbocycles. The van der Waals surface area contributed by atoms with Crippen LogP contribution < -0.4 is 22.8 Å². The van der Waals surface area contributed by atoms with Gasteiger partial charge >= 0.3 is 0 Å². The molecule has 0 N–H and O–H groups in total. The number of aryl methyl sites for hydroxylation is 15. The fourth-order valence-electron chi connectivity index (χ4n) is 25.2. The van der Waals surface area contributed by atoms with Gasteiger partial charge in [-0.15, -0.1) is 0 Å². The summed E-state index contributed by atoms with van der Waals surface area (Å²) in [5.41, 5.74) is 27.6. The van der Waals surface area contributed by atoms with Gasteiger partial charge < -0.3 is 22.8 Å². The van der Waals surface area contributed by atoms with E-state index in [9.17, 15) is 2.74 Å². The van der Waals surface area contributed by atoms with Crippen LogP contribution in [0, 0.1) is 92.0 Å². The fourth-order valence-corrected chi connectivity index (χ4v) is 25.2. The molecule has 0 saturated heterocycles. The molecular weight excluding hydrogens is 1830 g/mol. The molecule has 27 rings (SSSR count). The summed E-state index contributed by atoms with van der Waals surface area (Å²) in [6.07, 6.45) is 31.7. The summed E-state index contributed by atoms with van der Waals surface area (Å²) in [6, 6.07) is 50.8. The molecule has 0 amide bonds. The van der Waals surface area contributed by atoms with E-state index < -0.39 is 71.1 Å². The lowest BCUT2D eigenvalue weighted by Crippen LogP contribution is -2.32. The number of hydrogen-bond donors (Lipinski definition) is 0. The van der Waals surface area contributed by atoms with Crippen LogP contribution in [0.1, 0.15) is 285 Å². The van der Waals surface area contributed by atoms with Crippen LogP contribution in [0.25, 0.3) is 139 Å². The summed E-state index contributed by atoms with van der Waals surface area (Å²) >= 11 is 0. The molecule has 0 radical (unpaired) electrons. The number of imidazole rings is 5. The number of hydrogen-bond acceptors (Lipinski definition) is 5. The lowest BCUT2D eigenvalue weighted by Gasteiger charge is -2.22. The van der Waals surface area contributed by atoms with Gasteiger partial charge in [0, 0.05) is 212 Å². The van der Waals surface area contributed by atoms with Gasteiger partial charge in [0.05, 0.1) is 56.3 Å². The van der Waals surface area contributed by atoms with Crippen LogP contribution in [0.3, 0.4) is 0 Å². The normalized spacial score (nSPS) is 17.2. The predicted molar refractivity (Wildman–Crippen MR) is 612 cm³/mol. The Bertz CT molecular complexity index is 9970. The number of pyridine rings is 5. The van der Waals surface area contributed by atoms with Crippen molar-refractivity contribution < 1.29 is 55.7 Å². The molecule has 5 aliphatic heterocycles. The molecule has 15 heteroatoms.